The van der Waals surface area contributed by atoms with E-state index in [9.17, 15) is 9.90 Å². The topological polar surface area (TPSA) is 49.7 Å². The van der Waals surface area contributed by atoms with Crippen LogP contribution in [0.15, 0.2) is 82.3 Å². The molecule has 0 bridgehead atoms. The molecule has 0 spiro atoms. The summed E-state index contributed by atoms with van der Waals surface area (Å²) in [5.41, 5.74) is 2.59. The maximum atomic E-state index is 12.4. The van der Waals surface area contributed by atoms with E-state index in [1.165, 1.54) is 18.4 Å². The number of phenols is 1. The van der Waals surface area contributed by atoms with E-state index in [4.69, 9.17) is 11.6 Å². The van der Waals surface area contributed by atoms with E-state index in [1.807, 2.05) is 24.3 Å². The first kappa shape index (κ1) is 19.1. The van der Waals surface area contributed by atoms with Crippen LogP contribution >= 0.6 is 27.5 Å². The third-order valence-electron chi connectivity index (χ3n) is 3.77. The third kappa shape index (κ3) is 5.39. The number of hydrogen-bond acceptors (Lipinski definition) is 3. The van der Waals surface area contributed by atoms with Gasteiger partial charge in [-0.15, -0.1) is 0 Å². The average molecular weight is 441 g/mol. The van der Waals surface area contributed by atoms with Crippen molar-refractivity contribution in [2.24, 2.45) is 4.99 Å². The van der Waals surface area contributed by atoms with E-state index < -0.39 is 0 Å². The quantitative estimate of drug-likeness (QED) is 0.281. The van der Waals surface area contributed by atoms with Crippen molar-refractivity contribution in [3.63, 3.8) is 0 Å². The van der Waals surface area contributed by atoms with Crippen molar-refractivity contribution >= 4 is 51.3 Å². The van der Waals surface area contributed by atoms with E-state index in [-0.39, 0.29) is 11.5 Å². The van der Waals surface area contributed by atoms with E-state index >= 15 is 0 Å². The van der Waals surface area contributed by atoms with Crippen molar-refractivity contribution < 1.29 is 9.90 Å². The molecule has 3 rings (SSSR count). The average Bonchev–Trinajstić information content (AvgIpc) is 2.68. The van der Waals surface area contributed by atoms with E-state index in [2.05, 4.69) is 20.9 Å². The van der Waals surface area contributed by atoms with Gasteiger partial charge in [0.25, 0.3) is 0 Å². The molecule has 0 fully saturated rings. The molecule has 0 radical (unpaired) electrons. The van der Waals surface area contributed by atoms with Crippen molar-refractivity contribution in [3.8, 4) is 5.75 Å². The highest BCUT2D eigenvalue weighted by molar-refractivity contribution is 9.10. The number of hydrogen-bond donors (Lipinski definition) is 1. The van der Waals surface area contributed by atoms with Gasteiger partial charge in [0.2, 0.25) is 0 Å². The Morgan fingerprint density at radius 3 is 2.59 bits per heavy atom. The molecule has 0 aromatic heterocycles. The van der Waals surface area contributed by atoms with Crippen LogP contribution in [0.2, 0.25) is 5.02 Å². The molecule has 0 aliphatic rings. The van der Waals surface area contributed by atoms with Gasteiger partial charge in [0.15, 0.2) is 5.78 Å². The van der Waals surface area contributed by atoms with Crippen LogP contribution in [0.5, 0.6) is 5.75 Å². The molecular weight excluding hydrogens is 426 g/mol. The minimum atomic E-state index is -0.111. The summed E-state index contributed by atoms with van der Waals surface area (Å²) in [7, 11) is 0. The molecule has 0 saturated carbocycles. The van der Waals surface area contributed by atoms with Crippen molar-refractivity contribution in [1.29, 1.82) is 0 Å². The van der Waals surface area contributed by atoms with Gasteiger partial charge < -0.3 is 5.11 Å². The fourth-order valence-electron chi connectivity index (χ4n) is 2.35. The monoisotopic (exact) mass is 439 g/mol. The number of carbonyl (C=O) groups is 1. The van der Waals surface area contributed by atoms with Crippen molar-refractivity contribution in [2.45, 2.75) is 0 Å². The molecule has 3 aromatic rings. The molecule has 0 aliphatic heterocycles. The lowest BCUT2D eigenvalue weighted by Gasteiger charge is -2.01. The van der Waals surface area contributed by atoms with Gasteiger partial charge in [0, 0.05) is 26.8 Å². The molecule has 3 nitrogen and oxygen atoms in total. The van der Waals surface area contributed by atoms with Crippen LogP contribution in [-0.2, 0) is 0 Å². The maximum absolute atomic E-state index is 12.4. The predicted molar refractivity (Wildman–Crippen MR) is 114 cm³/mol. The number of benzene rings is 3. The van der Waals surface area contributed by atoms with E-state index in [1.54, 1.807) is 42.5 Å². The van der Waals surface area contributed by atoms with Crippen LogP contribution in [0.4, 0.5) is 5.69 Å². The van der Waals surface area contributed by atoms with Crippen LogP contribution < -0.4 is 0 Å². The molecule has 0 amide bonds. The van der Waals surface area contributed by atoms with Gasteiger partial charge in [-0.2, -0.15) is 0 Å². The van der Waals surface area contributed by atoms with Gasteiger partial charge in [-0.05, 0) is 54.1 Å². The molecule has 0 unspecified atom stereocenters. The highest BCUT2D eigenvalue weighted by atomic mass is 79.9. The Morgan fingerprint density at radius 1 is 1.04 bits per heavy atom. The van der Waals surface area contributed by atoms with Gasteiger partial charge in [-0.1, -0.05) is 57.9 Å². The van der Waals surface area contributed by atoms with Gasteiger partial charge in [0.05, 0.1) is 5.69 Å². The molecule has 0 heterocycles. The summed E-state index contributed by atoms with van der Waals surface area (Å²) in [5.74, 6) is -0.0200. The number of phenolic OH excluding ortho intramolecular Hbond substituents is 1. The summed E-state index contributed by atoms with van der Waals surface area (Å²) in [6, 6.07) is 19.4. The fraction of sp³-hybridized carbons (Fsp3) is 0. The minimum Gasteiger partial charge on any atom is -0.507 e. The first-order chi connectivity index (χ1) is 13.0. The SMILES string of the molecule is O=C(C=Cc1ccc(Br)cc1)c1cccc(N=Cc2cc(Cl)ccc2O)c1. The molecule has 0 aliphatic carbocycles. The maximum Gasteiger partial charge on any atom is 0.185 e. The summed E-state index contributed by atoms with van der Waals surface area (Å²) < 4.78 is 0.988. The number of rotatable bonds is 5. The summed E-state index contributed by atoms with van der Waals surface area (Å²) in [6.07, 6.45) is 4.83. The molecule has 27 heavy (non-hydrogen) atoms. The van der Waals surface area contributed by atoms with Crippen LogP contribution in [0.1, 0.15) is 21.5 Å². The Morgan fingerprint density at radius 2 is 1.81 bits per heavy atom. The van der Waals surface area contributed by atoms with Crippen LogP contribution in [0.25, 0.3) is 6.08 Å². The first-order valence-corrected chi connectivity index (χ1v) is 9.29. The molecule has 5 heteroatoms. The second-order valence-electron chi connectivity index (χ2n) is 5.76. The minimum absolute atomic E-state index is 0.0906. The Hall–Kier alpha value is -2.69. The Labute approximate surface area is 170 Å². The highest BCUT2D eigenvalue weighted by Crippen LogP contribution is 2.21. The lowest BCUT2D eigenvalue weighted by atomic mass is 10.1. The van der Waals surface area contributed by atoms with Crippen molar-refractivity contribution in [3.05, 3.63) is 99.0 Å². The number of aromatic hydroxyl groups is 1. The Balaban J connectivity index is 1.76. The summed E-state index contributed by atoms with van der Waals surface area (Å²) in [6.45, 7) is 0. The van der Waals surface area contributed by atoms with Crippen LogP contribution in [0, 0.1) is 0 Å². The van der Waals surface area contributed by atoms with Crippen LogP contribution in [0.3, 0.4) is 0 Å². The second kappa shape index (κ2) is 8.80. The van der Waals surface area contributed by atoms with Gasteiger partial charge in [0.1, 0.15) is 5.75 Å². The van der Waals surface area contributed by atoms with Gasteiger partial charge in [-0.25, -0.2) is 0 Å². The highest BCUT2D eigenvalue weighted by Gasteiger charge is 2.03. The number of halogens is 2. The van der Waals surface area contributed by atoms with Crippen molar-refractivity contribution in [1.82, 2.24) is 0 Å². The first-order valence-electron chi connectivity index (χ1n) is 8.12. The summed E-state index contributed by atoms with van der Waals surface area (Å²) >= 11 is 9.31. The number of aliphatic imine (C=N–C) groups is 1. The molecule has 0 saturated heterocycles. The Bertz CT molecular complexity index is 1030. The van der Waals surface area contributed by atoms with E-state index in [0.29, 0.717) is 21.8 Å². The zero-order valence-corrected chi connectivity index (χ0v) is 16.5. The number of allylic oxidation sites excluding steroid dienone is 1. The second-order valence-corrected chi connectivity index (χ2v) is 7.11. The number of nitrogens with zero attached hydrogens (tertiary/aromatic N) is 1. The number of ketones is 1. The molecular formula is C22H15BrClNO2. The van der Waals surface area contributed by atoms with Gasteiger partial charge in [-0.3, -0.25) is 9.79 Å². The Kier molecular flexibility index (Phi) is 6.22. The lowest BCUT2D eigenvalue weighted by molar-refractivity contribution is 0.104. The molecule has 3 aromatic carbocycles. The molecule has 1 N–H and O–H groups in total. The predicted octanol–water partition coefficient (Wildman–Crippen LogP) is 6.45. The third-order valence-corrected chi connectivity index (χ3v) is 4.53. The van der Waals surface area contributed by atoms with Gasteiger partial charge >= 0.3 is 0 Å². The molecule has 0 atom stereocenters. The van der Waals surface area contributed by atoms with Crippen molar-refractivity contribution in [2.75, 3.05) is 0 Å². The number of carbonyl (C=O) groups excluding carboxylic acids is 1. The normalized spacial score (nSPS) is 11.3. The zero-order valence-electron chi connectivity index (χ0n) is 14.1. The van der Waals surface area contributed by atoms with Crippen LogP contribution in [-0.4, -0.2) is 17.1 Å². The smallest absolute Gasteiger partial charge is 0.185 e. The van der Waals surface area contributed by atoms with E-state index in [0.717, 1.165) is 10.0 Å². The molecule has 134 valence electrons. The zero-order chi connectivity index (χ0) is 19.2. The fourth-order valence-corrected chi connectivity index (χ4v) is 2.80. The largest absolute Gasteiger partial charge is 0.507 e. The standard InChI is InChI=1S/C22H15BrClNO2/c23-18-7-4-15(5-8-18)6-10-21(26)16-2-1-3-20(13-16)25-14-17-12-19(24)9-11-22(17)27/h1-14,27H. The summed E-state index contributed by atoms with van der Waals surface area (Å²) in [5, 5.41) is 10.3. The summed E-state index contributed by atoms with van der Waals surface area (Å²) in [4.78, 5) is 16.7. The lowest BCUT2D eigenvalue weighted by Crippen LogP contribution is -1.93.